The first-order chi connectivity index (χ1) is 7.77. The molecule has 4 nitrogen and oxygen atoms in total. The van der Waals surface area contributed by atoms with Gasteiger partial charge in [0.25, 0.3) is 0 Å². The lowest BCUT2D eigenvalue weighted by molar-refractivity contribution is -0.00126. The molecule has 2 saturated heterocycles. The molecule has 0 amide bonds. The Morgan fingerprint density at radius 1 is 1.12 bits per heavy atom. The zero-order valence-electron chi connectivity index (χ0n) is 10.2. The second-order valence-corrected chi connectivity index (χ2v) is 5.09. The Labute approximate surface area is 98.1 Å². The largest absolute Gasteiger partial charge is 0.381 e. The molecule has 16 heavy (non-hydrogen) atoms. The summed E-state index contributed by atoms with van der Waals surface area (Å²) in [6, 6.07) is 0.676. The van der Waals surface area contributed by atoms with E-state index < -0.39 is 0 Å². The van der Waals surface area contributed by atoms with Crippen molar-refractivity contribution in [1.29, 1.82) is 0 Å². The molecular formula is C12H24N2O2. The lowest BCUT2D eigenvalue weighted by Gasteiger charge is -2.38. The highest BCUT2D eigenvalue weighted by molar-refractivity contribution is 4.84. The molecule has 2 fully saturated rings. The summed E-state index contributed by atoms with van der Waals surface area (Å²) in [4.78, 5) is 2.39. The van der Waals surface area contributed by atoms with Crippen LogP contribution in [0.4, 0.5) is 0 Å². The monoisotopic (exact) mass is 228 g/mol. The number of hydrogen-bond acceptors (Lipinski definition) is 4. The van der Waals surface area contributed by atoms with E-state index in [-0.39, 0.29) is 6.04 Å². The number of rotatable bonds is 3. The van der Waals surface area contributed by atoms with Gasteiger partial charge < -0.3 is 15.2 Å². The Kier molecular flexibility index (Phi) is 4.58. The molecule has 0 radical (unpaired) electrons. The highest BCUT2D eigenvalue weighted by Crippen LogP contribution is 2.19. The first kappa shape index (κ1) is 12.3. The first-order valence-corrected chi connectivity index (χ1v) is 6.38. The number of likely N-dealkylation sites (N-methyl/N-ethyl adjacent to an activating group) is 1. The van der Waals surface area contributed by atoms with Crippen molar-refractivity contribution in [2.75, 3.05) is 40.0 Å². The number of ether oxygens (including phenoxy) is 2. The summed E-state index contributed by atoms with van der Waals surface area (Å²) in [5.74, 6) is 0.771. The Morgan fingerprint density at radius 2 is 1.81 bits per heavy atom. The second kappa shape index (κ2) is 5.96. The van der Waals surface area contributed by atoms with Gasteiger partial charge in [-0.05, 0) is 32.2 Å². The molecule has 0 aromatic heterocycles. The standard InChI is InChI=1S/C12H24N2O2/c1-14(8-10-2-5-15-6-3-10)12-9-16-7-4-11(12)13/h10-12H,2-9,13H2,1H3. The van der Waals surface area contributed by atoms with Crippen LogP contribution in [0.25, 0.3) is 0 Å². The smallest absolute Gasteiger partial charge is 0.0636 e. The van der Waals surface area contributed by atoms with Crippen molar-refractivity contribution in [3.8, 4) is 0 Å². The summed E-state index contributed by atoms with van der Waals surface area (Å²) in [5.41, 5.74) is 6.14. The van der Waals surface area contributed by atoms with Gasteiger partial charge in [-0.15, -0.1) is 0 Å². The Bertz CT molecular complexity index is 207. The van der Waals surface area contributed by atoms with E-state index >= 15 is 0 Å². The van der Waals surface area contributed by atoms with E-state index in [1.807, 2.05) is 0 Å². The van der Waals surface area contributed by atoms with E-state index in [9.17, 15) is 0 Å². The number of nitrogens with zero attached hydrogens (tertiary/aromatic N) is 1. The molecule has 2 rings (SSSR count). The van der Waals surface area contributed by atoms with Crippen LogP contribution in [0.5, 0.6) is 0 Å². The third-order valence-corrected chi connectivity index (χ3v) is 3.83. The molecular weight excluding hydrogens is 204 g/mol. The van der Waals surface area contributed by atoms with Gasteiger partial charge in [0.05, 0.1) is 6.61 Å². The minimum absolute atomic E-state index is 0.276. The molecule has 2 aliphatic heterocycles. The summed E-state index contributed by atoms with van der Waals surface area (Å²) < 4.78 is 10.9. The summed E-state index contributed by atoms with van der Waals surface area (Å²) in [6.07, 6.45) is 3.36. The molecule has 4 heteroatoms. The quantitative estimate of drug-likeness (QED) is 0.762. The summed E-state index contributed by atoms with van der Waals surface area (Å²) >= 11 is 0. The van der Waals surface area contributed by atoms with Crippen molar-refractivity contribution in [3.05, 3.63) is 0 Å². The number of hydrogen-bond donors (Lipinski definition) is 1. The summed E-state index contributed by atoms with van der Waals surface area (Å²) in [5, 5.41) is 0. The molecule has 2 aliphatic rings. The molecule has 2 atom stereocenters. The Hall–Kier alpha value is -0.160. The predicted octanol–water partition coefficient (Wildman–Crippen LogP) is 0.461. The zero-order chi connectivity index (χ0) is 11.4. The first-order valence-electron chi connectivity index (χ1n) is 6.38. The summed E-state index contributed by atoms with van der Waals surface area (Å²) in [7, 11) is 2.18. The van der Waals surface area contributed by atoms with E-state index in [0.717, 1.165) is 45.3 Å². The van der Waals surface area contributed by atoms with Crippen LogP contribution in [-0.4, -0.2) is 57.0 Å². The van der Waals surface area contributed by atoms with Crippen LogP contribution in [0.2, 0.25) is 0 Å². The average Bonchev–Trinajstić information content (AvgIpc) is 2.31. The van der Waals surface area contributed by atoms with E-state index in [1.54, 1.807) is 0 Å². The average molecular weight is 228 g/mol. The molecule has 0 saturated carbocycles. The lowest BCUT2D eigenvalue weighted by Crippen LogP contribution is -2.53. The van der Waals surface area contributed by atoms with Gasteiger partial charge in [0.15, 0.2) is 0 Å². The van der Waals surface area contributed by atoms with Gasteiger partial charge in [0, 0.05) is 38.4 Å². The Balaban J connectivity index is 1.78. The minimum atomic E-state index is 0.276. The maximum atomic E-state index is 6.14. The van der Waals surface area contributed by atoms with Crippen molar-refractivity contribution in [2.24, 2.45) is 11.7 Å². The highest BCUT2D eigenvalue weighted by Gasteiger charge is 2.27. The van der Waals surface area contributed by atoms with E-state index in [1.165, 1.54) is 12.8 Å². The van der Waals surface area contributed by atoms with Crippen LogP contribution in [-0.2, 0) is 9.47 Å². The van der Waals surface area contributed by atoms with Crippen molar-refractivity contribution in [2.45, 2.75) is 31.3 Å². The van der Waals surface area contributed by atoms with Gasteiger partial charge in [-0.3, -0.25) is 4.90 Å². The SMILES string of the molecule is CN(CC1CCOCC1)C1COCCC1N. The van der Waals surface area contributed by atoms with Gasteiger partial charge in [-0.1, -0.05) is 0 Å². The van der Waals surface area contributed by atoms with Crippen molar-refractivity contribution < 1.29 is 9.47 Å². The fourth-order valence-corrected chi connectivity index (χ4v) is 2.67. The molecule has 0 aliphatic carbocycles. The fourth-order valence-electron chi connectivity index (χ4n) is 2.67. The zero-order valence-corrected chi connectivity index (χ0v) is 10.2. The van der Waals surface area contributed by atoms with Gasteiger partial charge >= 0.3 is 0 Å². The van der Waals surface area contributed by atoms with Crippen LogP contribution in [0.15, 0.2) is 0 Å². The fraction of sp³-hybridized carbons (Fsp3) is 1.00. The molecule has 0 spiro atoms. The van der Waals surface area contributed by atoms with E-state index in [4.69, 9.17) is 15.2 Å². The van der Waals surface area contributed by atoms with Crippen molar-refractivity contribution in [3.63, 3.8) is 0 Å². The molecule has 0 aromatic rings. The van der Waals surface area contributed by atoms with Crippen molar-refractivity contribution >= 4 is 0 Å². The van der Waals surface area contributed by atoms with Gasteiger partial charge in [-0.25, -0.2) is 0 Å². The number of nitrogens with two attached hydrogens (primary N) is 1. The summed E-state index contributed by atoms with van der Waals surface area (Å²) in [6.45, 7) is 4.59. The third-order valence-electron chi connectivity index (χ3n) is 3.83. The lowest BCUT2D eigenvalue weighted by atomic mass is 9.97. The predicted molar refractivity (Wildman–Crippen MR) is 63.4 cm³/mol. The van der Waals surface area contributed by atoms with Crippen LogP contribution in [0, 0.1) is 5.92 Å². The molecule has 94 valence electrons. The van der Waals surface area contributed by atoms with Crippen LogP contribution in [0.3, 0.4) is 0 Å². The highest BCUT2D eigenvalue weighted by atomic mass is 16.5. The third kappa shape index (κ3) is 3.17. The van der Waals surface area contributed by atoms with E-state index in [2.05, 4.69) is 11.9 Å². The van der Waals surface area contributed by atoms with Gasteiger partial charge in [0.1, 0.15) is 0 Å². The van der Waals surface area contributed by atoms with E-state index in [0.29, 0.717) is 6.04 Å². The second-order valence-electron chi connectivity index (χ2n) is 5.09. The maximum Gasteiger partial charge on any atom is 0.0636 e. The van der Waals surface area contributed by atoms with Crippen LogP contribution >= 0.6 is 0 Å². The topological polar surface area (TPSA) is 47.7 Å². The normalized spacial score (nSPS) is 33.2. The van der Waals surface area contributed by atoms with Gasteiger partial charge in [0.2, 0.25) is 0 Å². The molecule has 2 heterocycles. The van der Waals surface area contributed by atoms with Crippen LogP contribution in [0.1, 0.15) is 19.3 Å². The van der Waals surface area contributed by atoms with Crippen LogP contribution < -0.4 is 5.73 Å². The minimum Gasteiger partial charge on any atom is -0.381 e. The maximum absolute atomic E-state index is 6.14. The molecule has 0 aromatic carbocycles. The molecule has 2 unspecified atom stereocenters. The Morgan fingerprint density at radius 3 is 2.50 bits per heavy atom. The van der Waals surface area contributed by atoms with Crippen molar-refractivity contribution in [1.82, 2.24) is 4.90 Å². The molecule has 0 bridgehead atoms. The van der Waals surface area contributed by atoms with Gasteiger partial charge in [-0.2, -0.15) is 0 Å². The molecule has 2 N–H and O–H groups in total.